The summed E-state index contributed by atoms with van der Waals surface area (Å²) in [5.41, 5.74) is 3.50. The normalized spacial score (nSPS) is 16.1. The predicted octanol–water partition coefficient (Wildman–Crippen LogP) is 1.89. The van der Waals surface area contributed by atoms with Gasteiger partial charge in [0.2, 0.25) is 5.91 Å². The number of benzene rings is 1. The highest BCUT2D eigenvalue weighted by Gasteiger charge is 2.13. The van der Waals surface area contributed by atoms with Crippen LogP contribution in [0.1, 0.15) is 24.8 Å². The van der Waals surface area contributed by atoms with Gasteiger partial charge in [0.15, 0.2) is 11.6 Å². The van der Waals surface area contributed by atoms with Gasteiger partial charge in [-0.05, 0) is 30.5 Å². The first-order chi connectivity index (χ1) is 9.19. The van der Waals surface area contributed by atoms with Gasteiger partial charge in [0.25, 0.3) is 0 Å². The minimum Gasteiger partial charge on any atom is -0.494 e. The van der Waals surface area contributed by atoms with Crippen molar-refractivity contribution in [3.05, 3.63) is 29.6 Å². The molecule has 0 spiro atoms. The number of amides is 1. The molecule has 0 aliphatic carbocycles. The Kier molecular flexibility index (Phi) is 4.74. The zero-order valence-corrected chi connectivity index (χ0v) is 11.1. The number of nitrogens with zero attached hydrogens (tertiary/aromatic N) is 1. The van der Waals surface area contributed by atoms with Crippen molar-refractivity contribution in [3.63, 3.8) is 0 Å². The Balaban J connectivity index is 1.89. The highest BCUT2D eigenvalue weighted by Crippen LogP contribution is 2.18. The fourth-order valence-corrected chi connectivity index (χ4v) is 2.23. The van der Waals surface area contributed by atoms with Crippen molar-refractivity contribution < 1.29 is 13.9 Å². The highest BCUT2D eigenvalue weighted by molar-refractivity contribution is 5.78. The Morgan fingerprint density at radius 2 is 2.11 bits per heavy atom. The van der Waals surface area contributed by atoms with Gasteiger partial charge in [-0.25, -0.2) is 9.40 Å². The molecular formula is C14H19FN2O2. The maximum absolute atomic E-state index is 13.5. The molecule has 1 saturated heterocycles. The van der Waals surface area contributed by atoms with Crippen LogP contribution in [-0.2, 0) is 11.2 Å². The van der Waals surface area contributed by atoms with Crippen LogP contribution in [0.4, 0.5) is 4.39 Å². The molecule has 0 aromatic heterocycles. The molecule has 1 N–H and O–H groups in total. The second-order valence-electron chi connectivity index (χ2n) is 4.73. The van der Waals surface area contributed by atoms with E-state index in [1.54, 1.807) is 12.1 Å². The summed E-state index contributed by atoms with van der Waals surface area (Å²) in [6.45, 7) is 1.78. The molecule has 1 fully saturated rings. The quantitative estimate of drug-likeness (QED) is 0.905. The Morgan fingerprint density at radius 1 is 1.37 bits per heavy atom. The molecule has 0 unspecified atom stereocenters. The molecule has 1 heterocycles. The topological polar surface area (TPSA) is 41.6 Å². The number of methoxy groups -OCH3 is 1. The van der Waals surface area contributed by atoms with Crippen LogP contribution in [-0.4, -0.2) is 31.1 Å². The number of ether oxygens (including phenoxy) is 1. The Morgan fingerprint density at radius 3 is 2.74 bits per heavy atom. The molecule has 1 amide bonds. The van der Waals surface area contributed by atoms with E-state index in [1.165, 1.54) is 19.6 Å². The van der Waals surface area contributed by atoms with Gasteiger partial charge in [-0.1, -0.05) is 12.5 Å². The van der Waals surface area contributed by atoms with Crippen LogP contribution in [0, 0.1) is 5.82 Å². The van der Waals surface area contributed by atoms with Crippen molar-refractivity contribution in [1.29, 1.82) is 0 Å². The number of carbonyl (C=O) groups is 1. The van der Waals surface area contributed by atoms with E-state index < -0.39 is 5.82 Å². The fraction of sp³-hybridized carbons (Fsp3) is 0.500. The van der Waals surface area contributed by atoms with Crippen molar-refractivity contribution >= 4 is 5.91 Å². The summed E-state index contributed by atoms with van der Waals surface area (Å²) in [6.07, 6.45) is 3.61. The molecule has 0 radical (unpaired) electrons. The molecule has 1 aromatic carbocycles. The second kappa shape index (κ2) is 6.52. The molecule has 1 aliphatic heterocycles. The molecule has 4 nitrogen and oxygen atoms in total. The Bertz CT molecular complexity index is 445. The van der Waals surface area contributed by atoms with E-state index in [9.17, 15) is 9.18 Å². The number of rotatable bonds is 4. The van der Waals surface area contributed by atoms with Gasteiger partial charge in [-0.2, -0.15) is 0 Å². The SMILES string of the molecule is COc1ccc(CC(=O)NN2CCCCC2)cc1F. The number of piperidine rings is 1. The number of hydrogen-bond donors (Lipinski definition) is 1. The van der Waals surface area contributed by atoms with Gasteiger partial charge in [0, 0.05) is 13.1 Å². The minimum absolute atomic E-state index is 0.105. The average molecular weight is 266 g/mol. The minimum atomic E-state index is -0.439. The monoisotopic (exact) mass is 266 g/mol. The standard InChI is InChI=1S/C14H19FN2O2/c1-19-13-6-5-11(9-12(13)15)10-14(18)16-17-7-3-2-4-8-17/h5-6,9H,2-4,7-8,10H2,1H3,(H,16,18). The maximum Gasteiger partial charge on any atom is 0.238 e. The van der Waals surface area contributed by atoms with Crippen LogP contribution in [0.5, 0.6) is 5.75 Å². The van der Waals surface area contributed by atoms with E-state index in [4.69, 9.17) is 4.74 Å². The van der Waals surface area contributed by atoms with E-state index in [-0.39, 0.29) is 18.1 Å². The predicted molar refractivity (Wildman–Crippen MR) is 70.2 cm³/mol. The fourth-order valence-electron chi connectivity index (χ4n) is 2.23. The molecule has 19 heavy (non-hydrogen) atoms. The smallest absolute Gasteiger partial charge is 0.238 e. The summed E-state index contributed by atoms with van der Waals surface area (Å²) in [5.74, 6) is -0.350. The number of hydrazine groups is 1. The lowest BCUT2D eigenvalue weighted by atomic mass is 10.1. The van der Waals surface area contributed by atoms with Crippen molar-refractivity contribution in [2.75, 3.05) is 20.2 Å². The third-order valence-corrected chi connectivity index (χ3v) is 3.22. The van der Waals surface area contributed by atoms with E-state index in [0.29, 0.717) is 5.56 Å². The third-order valence-electron chi connectivity index (χ3n) is 3.22. The van der Waals surface area contributed by atoms with E-state index in [0.717, 1.165) is 25.9 Å². The zero-order valence-electron chi connectivity index (χ0n) is 11.1. The average Bonchev–Trinajstić information content (AvgIpc) is 2.40. The van der Waals surface area contributed by atoms with E-state index >= 15 is 0 Å². The number of nitrogens with one attached hydrogen (secondary N) is 1. The van der Waals surface area contributed by atoms with Crippen LogP contribution < -0.4 is 10.2 Å². The first kappa shape index (κ1) is 13.8. The maximum atomic E-state index is 13.5. The van der Waals surface area contributed by atoms with Crippen LogP contribution in [0.25, 0.3) is 0 Å². The molecule has 1 aromatic rings. The van der Waals surface area contributed by atoms with Gasteiger partial charge in [-0.3, -0.25) is 10.2 Å². The van der Waals surface area contributed by atoms with Crippen LogP contribution in [0.2, 0.25) is 0 Å². The molecule has 1 aliphatic rings. The lowest BCUT2D eigenvalue weighted by molar-refractivity contribution is -0.125. The molecule has 0 saturated carbocycles. The highest BCUT2D eigenvalue weighted by atomic mass is 19.1. The van der Waals surface area contributed by atoms with Gasteiger partial charge in [0.1, 0.15) is 0 Å². The molecular weight excluding hydrogens is 247 g/mol. The number of halogens is 1. The van der Waals surface area contributed by atoms with Gasteiger partial charge >= 0.3 is 0 Å². The summed E-state index contributed by atoms with van der Waals surface area (Å²) in [6, 6.07) is 4.59. The van der Waals surface area contributed by atoms with Crippen LogP contribution in [0.15, 0.2) is 18.2 Å². The lowest BCUT2D eigenvalue weighted by Gasteiger charge is -2.26. The first-order valence-corrected chi connectivity index (χ1v) is 6.56. The van der Waals surface area contributed by atoms with Gasteiger partial charge in [0.05, 0.1) is 13.5 Å². The number of hydrogen-bond acceptors (Lipinski definition) is 3. The van der Waals surface area contributed by atoms with Gasteiger partial charge < -0.3 is 4.74 Å². The molecule has 0 atom stereocenters. The van der Waals surface area contributed by atoms with Crippen LogP contribution >= 0.6 is 0 Å². The third kappa shape index (κ3) is 3.92. The van der Waals surface area contributed by atoms with Crippen molar-refractivity contribution in [2.45, 2.75) is 25.7 Å². The van der Waals surface area contributed by atoms with E-state index in [2.05, 4.69) is 5.43 Å². The van der Waals surface area contributed by atoms with Crippen LogP contribution in [0.3, 0.4) is 0 Å². The van der Waals surface area contributed by atoms with Crippen molar-refractivity contribution in [1.82, 2.24) is 10.4 Å². The summed E-state index contributed by atoms with van der Waals surface area (Å²) in [4.78, 5) is 11.8. The largest absolute Gasteiger partial charge is 0.494 e. The van der Waals surface area contributed by atoms with Crippen molar-refractivity contribution in [3.8, 4) is 5.75 Å². The second-order valence-corrected chi connectivity index (χ2v) is 4.73. The molecule has 2 rings (SSSR count). The summed E-state index contributed by atoms with van der Waals surface area (Å²) in [7, 11) is 1.42. The molecule has 5 heteroatoms. The first-order valence-electron chi connectivity index (χ1n) is 6.56. The Labute approximate surface area is 112 Å². The summed E-state index contributed by atoms with van der Waals surface area (Å²) in [5, 5.41) is 1.94. The Hall–Kier alpha value is -1.62. The number of carbonyl (C=O) groups excluding carboxylic acids is 1. The lowest BCUT2D eigenvalue weighted by Crippen LogP contribution is -2.45. The summed E-state index contributed by atoms with van der Waals surface area (Å²) >= 11 is 0. The van der Waals surface area contributed by atoms with Crippen molar-refractivity contribution in [2.24, 2.45) is 0 Å². The van der Waals surface area contributed by atoms with Gasteiger partial charge in [-0.15, -0.1) is 0 Å². The zero-order chi connectivity index (χ0) is 13.7. The summed E-state index contributed by atoms with van der Waals surface area (Å²) < 4.78 is 18.3. The molecule has 0 bridgehead atoms. The molecule has 104 valence electrons. The van der Waals surface area contributed by atoms with E-state index in [1.807, 2.05) is 5.01 Å².